The zero-order valence-corrected chi connectivity index (χ0v) is 13.6. The maximum atomic E-state index is 4.86. The van der Waals surface area contributed by atoms with Crippen LogP contribution in [0.4, 0.5) is 0 Å². The molecule has 3 nitrogen and oxygen atoms in total. The minimum absolute atomic E-state index is 0.108. The van der Waals surface area contributed by atoms with E-state index in [1.165, 1.54) is 22.9 Å². The number of nitrogens with one attached hydrogen (secondary N) is 1. The molecule has 0 aromatic rings. The lowest BCUT2D eigenvalue weighted by atomic mass is 9.76. The van der Waals surface area contributed by atoms with Crippen LogP contribution in [0.5, 0.6) is 0 Å². The Morgan fingerprint density at radius 3 is 3.10 bits per heavy atom. The van der Waals surface area contributed by atoms with E-state index < -0.39 is 0 Å². The fourth-order valence-corrected chi connectivity index (χ4v) is 4.20. The molecule has 4 rings (SSSR count). The highest BCUT2D eigenvalue weighted by Crippen LogP contribution is 2.37. The van der Waals surface area contributed by atoms with Gasteiger partial charge in [0.25, 0.3) is 0 Å². The van der Waals surface area contributed by atoms with Gasteiger partial charge in [0.2, 0.25) is 0 Å². The molecule has 1 fully saturated rings. The summed E-state index contributed by atoms with van der Waals surface area (Å²) in [5, 5.41) is 3.51. The maximum absolute atomic E-state index is 4.86. The molecule has 0 aromatic heterocycles. The minimum Gasteiger partial charge on any atom is -0.310 e. The summed E-state index contributed by atoms with van der Waals surface area (Å²) in [6.45, 7) is 1.11. The third-order valence-corrected chi connectivity index (χ3v) is 5.45. The zero-order chi connectivity index (χ0) is 14.2. The van der Waals surface area contributed by atoms with Crippen LogP contribution >= 0.6 is 15.9 Å². The predicted molar refractivity (Wildman–Crippen MR) is 91.2 cm³/mol. The molecule has 1 saturated heterocycles. The van der Waals surface area contributed by atoms with Crippen LogP contribution in [0.1, 0.15) is 25.7 Å². The van der Waals surface area contributed by atoms with E-state index in [2.05, 4.69) is 50.5 Å². The van der Waals surface area contributed by atoms with Gasteiger partial charge in [0, 0.05) is 16.7 Å². The van der Waals surface area contributed by atoms with Crippen LogP contribution in [-0.2, 0) is 0 Å². The first-order valence-electron chi connectivity index (χ1n) is 7.89. The van der Waals surface area contributed by atoms with Gasteiger partial charge in [0.15, 0.2) is 6.17 Å². The van der Waals surface area contributed by atoms with Gasteiger partial charge in [0.1, 0.15) is 0 Å². The standard InChI is InChI=1S/C17H20BrN3/c18-14-6-5-11-8-13(4-3-12(11)9-14)16-10-20-17(21-16)15-2-1-7-19-15/h4-6,9-12,15,17,19H,1-3,7-8H2. The zero-order valence-electron chi connectivity index (χ0n) is 12.0. The Balaban J connectivity index is 1.49. The van der Waals surface area contributed by atoms with Crippen LogP contribution in [0.2, 0.25) is 0 Å². The molecule has 0 bridgehead atoms. The van der Waals surface area contributed by atoms with E-state index in [1.54, 1.807) is 0 Å². The Hall–Kier alpha value is -1.00. The van der Waals surface area contributed by atoms with Crippen LogP contribution in [0.15, 0.2) is 44.3 Å². The van der Waals surface area contributed by atoms with Crippen LogP contribution in [0.3, 0.4) is 0 Å². The average Bonchev–Trinajstić information content (AvgIpc) is 3.17. The number of aliphatic imine (C=N–C) groups is 2. The van der Waals surface area contributed by atoms with Crippen molar-refractivity contribution in [2.45, 2.75) is 37.9 Å². The van der Waals surface area contributed by atoms with Gasteiger partial charge in [-0.05, 0) is 49.6 Å². The average molecular weight is 346 g/mol. The van der Waals surface area contributed by atoms with E-state index in [0.29, 0.717) is 17.9 Å². The van der Waals surface area contributed by atoms with Crippen molar-refractivity contribution in [2.75, 3.05) is 6.54 Å². The van der Waals surface area contributed by atoms with Crippen LogP contribution in [-0.4, -0.2) is 30.7 Å². The molecule has 4 atom stereocenters. The smallest absolute Gasteiger partial charge is 0.155 e. The lowest BCUT2D eigenvalue weighted by molar-refractivity contribution is 0.453. The van der Waals surface area contributed by atoms with Crippen molar-refractivity contribution in [3.63, 3.8) is 0 Å². The summed E-state index contributed by atoms with van der Waals surface area (Å²) < 4.78 is 1.22. The van der Waals surface area contributed by atoms with Gasteiger partial charge < -0.3 is 5.32 Å². The highest BCUT2D eigenvalue weighted by Gasteiger charge is 2.30. The molecule has 0 aromatic carbocycles. The maximum Gasteiger partial charge on any atom is 0.155 e. The van der Waals surface area contributed by atoms with Gasteiger partial charge in [-0.15, -0.1) is 0 Å². The Labute approximate surface area is 134 Å². The number of fused-ring (bicyclic) bond motifs is 1. The van der Waals surface area contributed by atoms with E-state index in [4.69, 9.17) is 4.99 Å². The molecule has 21 heavy (non-hydrogen) atoms. The van der Waals surface area contributed by atoms with Crippen molar-refractivity contribution in [3.05, 3.63) is 34.4 Å². The third kappa shape index (κ3) is 2.71. The van der Waals surface area contributed by atoms with Gasteiger partial charge in [-0.3, -0.25) is 9.98 Å². The van der Waals surface area contributed by atoms with Crippen molar-refractivity contribution in [2.24, 2.45) is 21.8 Å². The summed E-state index contributed by atoms with van der Waals surface area (Å²) in [6.07, 6.45) is 16.0. The molecule has 0 amide bonds. The molecule has 2 aliphatic carbocycles. The van der Waals surface area contributed by atoms with E-state index in [1.807, 2.05) is 6.21 Å². The molecule has 0 radical (unpaired) electrons. The van der Waals surface area contributed by atoms with Crippen molar-refractivity contribution in [1.29, 1.82) is 0 Å². The summed E-state index contributed by atoms with van der Waals surface area (Å²) in [5.74, 6) is 1.26. The molecular weight excluding hydrogens is 326 g/mol. The van der Waals surface area contributed by atoms with E-state index in [-0.39, 0.29) is 6.17 Å². The second kappa shape index (κ2) is 5.65. The Morgan fingerprint density at radius 1 is 1.29 bits per heavy atom. The van der Waals surface area contributed by atoms with E-state index >= 15 is 0 Å². The van der Waals surface area contributed by atoms with Crippen LogP contribution < -0.4 is 5.32 Å². The molecular formula is C17H20BrN3. The highest BCUT2D eigenvalue weighted by atomic mass is 79.9. The summed E-state index contributed by atoms with van der Waals surface area (Å²) in [7, 11) is 0. The minimum atomic E-state index is 0.108. The second-order valence-electron chi connectivity index (χ2n) is 6.32. The van der Waals surface area contributed by atoms with Gasteiger partial charge >= 0.3 is 0 Å². The first-order valence-corrected chi connectivity index (χ1v) is 8.68. The molecule has 0 spiro atoms. The largest absolute Gasteiger partial charge is 0.310 e. The van der Waals surface area contributed by atoms with Crippen LogP contribution in [0, 0.1) is 11.8 Å². The normalized spacial score (nSPS) is 38.0. The number of rotatable bonds is 2. The highest BCUT2D eigenvalue weighted by molar-refractivity contribution is 9.11. The molecule has 4 heteroatoms. The van der Waals surface area contributed by atoms with Gasteiger partial charge in [-0.2, -0.15) is 0 Å². The molecule has 4 unspecified atom stereocenters. The molecule has 1 N–H and O–H groups in total. The SMILES string of the molecule is BrC1=CC2CC=C(C3=NC(C4CCCN4)N=C3)CC2C=C1. The Bertz CT molecular complexity index is 579. The molecule has 110 valence electrons. The summed E-state index contributed by atoms with van der Waals surface area (Å²) >= 11 is 3.58. The van der Waals surface area contributed by atoms with E-state index in [9.17, 15) is 0 Å². The Morgan fingerprint density at radius 2 is 2.24 bits per heavy atom. The monoisotopic (exact) mass is 345 g/mol. The number of hydrogen-bond donors (Lipinski definition) is 1. The van der Waals surface area contributed by atoms with E-state index in [0.717, 1.165) is 25.1 Å². The molecule has 0 saturated carbocycles. The second-order valence-corrected chi connectivity index (χ2v) is 7.23. The topological polar surface area (TPSA) is 36.8 Å². The predicted octanol–water partition coefficient (Wildman–Crippen LogP) is 3.39. The van der Waals surface area contributed by atoms with Crippen molar-refractivity contribution in [3.8, 4) is 0 Å². The lowest BCUT2D eigenvalue weighted by Crippen LogP contribution is -2.31. The first kappa shape index (κ1) is 13.6. The quantitative estimate of drug-likeness (QED) is 0.818. The van der Waals surface area contributed by atoms with Gasteiger partial charge in [-0.25, -0.2) is 0 Å². The van der Waals surface area contributed by atoms with Crippen molar-refractivity contribution >= 4 is 27.9 Å². The molecule has 4 aliphatic rings. The molecule has 2 heterocycles. The lowest BCUT2D eigenvalue weighted by Gasteiger charge is -2.29. The van der Waals surface area contributed by atoms with Crippen molar-refractivity contribution in [1.82, 2.24) is 5.32 Å². The van der Waals surface area contributed by atoms with Gasteiger partial charge in [-0.1, -0.05) is 40.2 Å². The summed E-state index contributed by atoms with van der Waals surface area (Å²) in [4.78, 5) is 9.48. The summed E-state index contributed by atoms with van der Waals surface area (Å²) in [5.41, 5.74) is 2.51. The molecule has 2 aliphatic heterocycles. The third-order valence-electron chi connectivity index (χ3n) is 4.93. The van der Waals surface area contributed by atoms with Crippen LogP contribution in [0.25, 0.3) is 0 Å². The van der Waals surface area contributed by atoms with Crippen molar-refractivity contribution < 1.29 is 0 Å². The fourth-order valence-electron chi connectivity index (χ4n) is 3.71. The number of halogens is 1. The van der Waals surface area contributed by atoms with Gasteiger partial charge in [0.05, 0.1) is 5.71 Å². The Kier molecular flexibility index (Phi) is 3.67. The number of nitrogens with zero attached hydrogens (tertiary/aromatic N) is 2. The fraction of sp³-hybridized carbons (Fsp3) is 0.529. The summed E-state index contributed by atoms with van der Waals surface area (Å²) in [6, 6.07) is 0.448. The first-order chi connectivity index (χ1) is 10.3. The number of allylic oxidation sites excluding steroid dienone is 6. The number of hydrogen-bond acceptors (Lipinski definition) is 3.